The monoisotopic (exact) mass is 303 g/mol. The van der Waals surface area contributed by atoms with Crippen LogP contribution >= 0.6 is 11.6 Å². The molecule has 0 aliphatic carbocycles. The molecular formula is C16H18ClN3O. The molecule has 0 bridgehead atoms. The lowest BCUT2D eigenvalue weighted by Gasteiger charge is -2.09. The molecule has 3 N–H and O–H groups in total. The summed E-state index contributed by atoms with van der Waals surface area (Å²) < 4.78 is 0. The predicted molar refractivity (Wildman–Crippen MR) is 85.4 cm³/mol. The van der Waals surface area contributed by atoms with Gasteiger partial charge in [-0.2, -0.15) is 0 Å². The number of carbonyl (C=O) groups excluding carboxylic acids is 1. The molecule has 0 aliphatic rings. The van der Waals surface area contributed by atoms with Crippen LogP contribution in [-0.4, -0.2) is 10.9 Å². The third kappa shape index (κ3) is 3.95. The average molecular weight is 304 g/mol. The maximum absolute atomic E-state index is 12.1. The second-order valence-corrected chi connectivity index (χ2v) is 5.55. The van der Waals surface area contributed by atoms with E-state index in [1.54, 1.807) is 12.1 Å². The van der Waals surface area contributed by atoms with Crippen LogP contribution in [0.5, 0.6) is 0 Å². The van der Waals surface area contributed by atoms with Crippen LogP contribution in [-0.2, 0) is 6.54 Å². The average Bonchev–Trinajstić information content (AvgIpc) is 2.47. The summed E-state index contributed by atoms with van der Waals surface area (Å²) in [5.41, 5.74) is 8.01. The van der Waals surface area contributed by atoms with Gasteiger partial charge in [-0.15, -0.1) is 0 Å². The van der Waals surface area contributed by atoms with Gasteiger partial charge in [-0.1, -0.05) is 49.7 Å². The topological polar surface area (TPSA) is 68.0 Å². The SMILES string of the molecule is CC(C)c1ccc(CNC(=O)c2nc(N)ccc2Cl)cc1. The number of amides is 1. The van der Waals surface area contributed by atoms with Gasteiger partial charge in [0, 0.05) is 6.54 Å². The van der Waals surface area contributed by atoms with Crippen molar-refractivity contribution in [2.75, 3.05) is 5.73 Å². The Bertz CT molecular complexity index is 638. The number of nitrogens with zero attached hydrogens (tertiary/aromatic N) is 1. The minimum absolute atomic E-state index is 0.149. The summed E-state index contributed by atoms with van der Waals surface area (Å²) >= 11 is 5.95. The Kier molecular flexibility index (Phi) is 4.81. The largest absolute Gasteiger partial charge is 0.384 e. The number of anilines is 1. The number of nitrogens with one attached hydrogen (secondary N) is 1. The number of nitrogen functional groups attached to an aromatic ring is 1. The fourth-order valence-corrected chi connectivity index (χ4v) is 2.09. The summed E-state index contributed by atoms with van der Waals surface area (Å²) in [6, 6.07) is 11.3. The van der Waals surface area contributed by atoms with Crippen LogP contribution in [0.2, 0.25) is 5.02 Å². The Morgan fingerprint density at radius 1 is 1.24 bits per heavy atom. The van der Waals surface area contributed by atoms with Gasteiger partial charge in [-0.3, -0.25) is 4.79 Å². The van der Waals surface area contributed by atoms with Crippen LogP contribution in [0.3, 0.4) is 0 Å². The van der Waals surface area contributed by atoms with Gasteiger partial charge in [0.2, 0.25) is 0 Å². The van der Waals surface area contributed by atoms with Crippen LogP contribution < -0.4 is 11.1 Å². The van der Waals surface area contributed by atoms with Gasteiger partial charge in [0.1, 0.15) is 11.5 Å². The molecule has 0 saturated carbocycles. The minimum Gasteiger partial charge on any atom is -0.384 e. The number of aromatic nitrogens is 1. The van der Waals surface area contributed by atoms with E-state index in [4.69, 9.17) is 17.3 Å². The highest BCUT2D eigenvalue weighted by Gasteiger charge is 2.12. The smallest absolute Gasteiger partial charge is 0.271 e. The van der Waals surface area contributed by atoms with Crippen molar-refractivity contribution >= 4 is 23.3 Å². The van der Waals surface area contributed by atoms with E-state index in [9.17, 15) is 4.79 Å². The molecule has 0 aliphatic heterocycles. The molecule has 0 fully saturated rings. The van der Waals surface area contributed by atoms with E-state index in [0.717, 1.165) is 5.56 Å². The zero-order valence-corrected chi connectivity index (χ0v) is 12.8. The molecule has 110 valence electrons. The van der Waals surface area contributed by atoms with Crippen LogP contribution in [0.1, 0.15) is 41.4 Å². The van der Waals surface area contributed by atoms with E-state index < -0.39 is 0 Å². The van der Waals surface area contributed by atoms with E-state index in [1.165, 1.54) is 5.56 Å². The van der Waals surface area contributed by atoms with Crippen molar-refractivity contribution < 1.29 is 4.79 Å². The number of hydrogen-bond donors (Lipinski definition) is 2. The highest BCUT2D eigenvalue weighted by molar-refractivity contribution is 6.33. The van der Waals surface area contributed by atoms with Crippen molar-refractivity contribution in [2.45, 2.75) is 26.3 Å². The third-order valence-electron chi connectivity index (χ3n) is 3.18. The second-order valence-electron chi connectivity index (χ2n) is 5.15. The standard InChI is InChI=1S/C16H18ClN3O/c1-10(2)12-5-3-11(4-6-12)9-19-16(21)15-13(17)7-8-14(18)20-15/h3-8,10H,9H2,1-2H3,(H2,18,20)(H,19,21). The summed E-state index contributed by atoms with van der Waals surface area (Å²) in [7, 11) is 0. The molecule has 4 nitrogen and oxygen atoms in total. The van der Waals surface area contributed by atoms with Crippen LogP contribution in [0.4, 0.5) is 5.82 Å². The number of carbonyl (C=O) groups is 1. The van der Waals surface area contributed by atoms with Crippen molar-refractivity contribution in [3.63, 3.8) is 0 Å². The summed E-state index contributed by atoms with van der Waals surface area (Å²) in [4.78, 5) is 16.0. The second kappa shape index (κ2) is 6.59. The number of pyridine rings is 1. The first-order chi connectivity index (χ1) is 9.97. The zero-order valence-electron chi connectivity index (χ0n) is 12.1. The van der Waals surface area contributed by atoms with E-state index in [-0.39, 0.29) is 22.4 Å². The first-order valence-electron chi connectivity index (χ1n) is 6.76. The van der Waals surface area contributed by atoms with E-state index >= 15 is 0 Å². The van der Waals surface area contributed by atoms with Gasteiger partial charge in [0.15, 0.2) is 0 Å². The molecule has 0 radical (unpaired) electrons. The summed E-state index contributed by atoms with van der Waals surface area (Å²) in [6.45, 7) is 4.71. The maximum Gasteiger partial charge on any atom is 0.271 e. The highest BCUT2D eigenvalue weighted by Crippen LogP contribution is 2.16. The van der Waals surface area contributed by atoms with Crippen LogP contribution in [0, 0.1) is 0 Å². The van der Waals surface area contributed by atoms with Crippen molar-refractivity contribution in [2.24, 2.45) is 0 Å². The molecule has 1 aromatic carbocycles. The van der Waals surface area contributed by atoms with Gasteiger partial charge in [-0.25, -0.2) is 4.98 Å². The Hall–Kier alpha value is -2.07. The molecular weight excluding hydrogens is 286 g/mol. The summed E-state index contributed by atoms with van der Waals surface area (Å²) in [5.74, 6) is 0.426. The van der Waals surface area contributed by atoms with E-state index in [2.05, 4.69) is 36.3 Å². The molecule has 5 heteroatoms. The molecule has 21 heavy (non-hydrogen) atoms. The van der Waals surface area contributed by atoms with Gasteiger partial charge in [0.25, 0.3) is 5.91 Å². The number of benzene rings is 1. The zero-order chi connectivity index (χ0) is 15.4. The van der Waals surface area contributed by atoms with Crippen molar-refractivity contribution in [1.82, 2.24) is 10.3 Å². The van der Waals surface area contributed by atoms with Gasteiger partial charge < -0.3 is 11.1 Å². The predicted octanol–water partition coefficient (Wildman–Crippen LogP) is 3.37. The fourth-order valence-electron chi connectivity index (χ4n) is 1.90. The molecule has 0 atom stereocenters. The van der Waals surface area contributed by atoms with E-state index in [1.807, 2.05) is 12.1 Å². The van der Waals surface area contributed by atoms with E-state index in [0.29, 0.717) is 12.5 Å². The van der Waals surface area contributed by atoms with Gasteiger partial charge >= 0.3 is 0 Å². The van der Waals surface area contributed by atoms with Crippen LogP contribution in [0.25, 0.3) is 0 Å². The molecule has 1 aromatic heterocycles. The Morgan fingerprint density at radius 3 is 2.52 bits per heavy atom. The molecule has 1 amide bonds. The first kappa shape index (κ1) is 15.3. The van der Waals surface area contributed by atoms with Crippen molar-refractivity contribution in [3.05, 3.63) is 58.2 Å². The molecule has 1 heterocycles. The lowest BCUT2D eigenvalue weighted by molar-refractivity contribution is 0.0946. The van der Waals surface area contributed by atoms with Crippen molar-refractivity contribution in [1.29, 1.82) is 0 Å². The Balaban J connectivity index is 2.02. The fraction of sp³-hybridized carbons (Fsp3) is 0.250. The normalized spacial score (nSPS) is 10.7. The number of nitrogens with two attached hydrogens (primary N) is 1. The first-order valence-corrected chi connectivity index (χ1v) is 7.14. The maximum atomic E-state index is 12.1. The molecule has 0 spiro atoms. The Labute approximate surface area is 129 Å². The molecule has 0 unspecified atom stereocenters. The lowest BCUT2D eigenvalue weighted by atomic mass is 10.0. The third-order valence-corrected chi connectivity index (χ3v) is 3.49. The van der Waals surface area contributed by atoms with Crippen LogP contribution in [0.15, 0.2) is 36.4 Å². The molecule has 2 aromatic rings. The Morgan fingerprint density at radius 2 is 1.90 bits per heavy atom. The summed E-state index contributed by atoms with van der Waals surface area (Å²) in [5, 5.41) is 3.08. The number of halogens is 1. The summed E-state index contributed by atoms with van der Waals surface area (Å²) in [6.07, 6.45) is 0. The van der Waals surface area contributed by atoms with Crippen molar-refractivity contribution in [3.8, 4) is 0 Å². The number of hydrogen-bond acceptors (Lipinski definition) is 3. The quantitative estimate of drug-likeness (QED) is 0.910. The minimum atomic E-state index is -0.333. The highest BCUT2D eigenvalue weighted by atomic mass is 35.5. The molecule has 2 rings (SSSR count). The van der Waals surface area contributed by atoms with Gasteiger partial charge in [0.05, 0.1) is 5.02 Å². The number of rotatable bonds is 4. The molecule has 0 saturated heterocycles. The lowest BCUT2D eigenvalue weighted by Crippen LogP contribution is -2.24. The van der Waals surface area contributed by atoms with Gasteiger partial charge in [-0.05, 0) is 29.2 Å².